The molecule has 1 heterocycles. The Bertz CT molecular complexity index is 634. The van der Waals surface area contributed by atoms with Crippen molar-refractivity contribution in [3.05, 3.63) is 41.2 Å². The fraction of sp³-hybridized carbons (Fsp3) is 0.400. The van der Waals surface area contributed by atoms with E-state index in [0.717, 1.165) is 29.9 Å². The number of para-hydroxylation sites is 1. The smallest absolute Gasteiger partial charge is 0.0703 e. The highest BCUT2D eigenvalue weighted by molar-refractivity contribution is 7.84. The number of hydrogen-bond acceptors (Lipinski definition) is 3. The number of nitrogens with two attached hydrogens (primary N) is 1. The summed E-state index contributed by atoms with van der Waals surface area (Å²) in [4.78, 5) is 0.715. The Kier molecular flexibility index (Phi) is 4.60. The number of hydrogen-bond donors (Lipinski definition) is 1. The van der Waals surface area contributed by atoms with Gasteiger partial charge in [-0.15, -0.1) is 0 Å². The van der Waals surface area contributed by atoms with E-state index in [1.807, 2.05) is 42.8 Å². The highest BCUT2D eigenvalue weighted by atomic mass is 32.2. The lowest BCUT2D eigenvalue weighted by Crippen LogP contribution is -2.07. The molecule has 1 atom stereocenters. The third-order valence-electron chi connectivity index (χ3n) is 3.38. The van der Waals surface area contributed by atoms with Gasteiger partial charge >= 0.3 is 0 Å². The fourth-order valence-corrected chi connectivity index (χ4v) is 3.44. The molecule has 5 heteroatoms. The second-order valence-corrected chi connectivity index (χ2v) is 6.19. The van der Waals surface area contributed by atoms with Crippen molar-refractivity contribution in [1.29, 1.82) is 0 Å². The maximum absolute atomic E-state index is 12.5. The van der Waals surface area contributed by atoms with Crippen LogP contribution in [0.3, 0.4) is 0 Å². The van der Waals surface area contributed by atoms with Gasteiger partial charge in [0.05, 0.1) is 38.5 Å². The van der Waals surface area contributed by atoms with Crippen molar-refractivity contribution in [2.24, 2.45) is 0 Å². The van der Waals surface area contributed by atoms with Gasteiger partial charge in [-0.1, -0.05) is 19.1 Å². The van der Waals surface area contributed by atoms with Gasteiger partial charge in [0.1, 0.15) is 0 Å². The summed E-state index contributed by atoms with van der Waals surface area (Å²) in [5, 5.41) is 4.48. The van der Waals surface area contributed by atoms with E-state index in [-0.39, 0.29) is 0 Å². The number of aryl methyl sites for hydroxylation is 3. The summed E-state index contributed by atoms with van der Waals surface area (Å²) in [7, 11) is -1.14. The molecule has 0 aliphatic heterocycles. The van der Waals surface area contributed by atoms with Gasteiger partial charge in [0, 0.05) is 6.54 Å². The van der Waals surface area contributed by atoms with E-state index < -0.39 is 10.8 Å². The number of anilines is 1. The number of aromatic nitrogens is 2. The third kappa shape index (κ3) is 2.93. The van der Waals surface area contributed by atoms with Gasteiger partial charge in [-0.2, -0.15) is 5.10 Å². The summed E-state index contributed by atoms with van der Waals surface area (Å²) in [5.74, 6) is 0.453. The molecule has 0 bridgehead atoms. The van der Waals surface area contributed by atoms with Crippen LogP contribution in [0.25, 0.3) is 0 Å². The van der Waals surface area contributed by atoms with Gasteiger partial charge in [0.2, 0.25) is 0 Å². The van der Waals surface area contributed by atoms with Crippen molar-refractivity contribution in [1.82, 2.24) is 9.78 Å². The first-order valence-corrected chi connectivity index (χ1v) is 8.17. The Morgan fingerprint density at radius 2 is 2.10 bits per heavy atom. The van der Waals surface area contributed by atoms with E-state index in [4.69, 9.17) is 5.73 Å². The normalized spacial score (nSPS) is 12.6. The van der Waals surface area contributed by atoms with Gasteiger partial charge in [0.25, 0.3) is 0 Å². The predicted molar refractivity (Wildman–Crippen MR) is 83.0 cm³/mol. The Morgan fingerprint density at radius 3 is 2.75 bits per heavy atom. The summed E-state index contributed by atoms with van der Waals surface area (Å²) in [6, 6.07) is 7.70. The monoisotopic (exact) mass is 291 g/mol. The van der Waals surface area contributed by atoms with Crippen molar-refractivity contribution >= 4 is 16.5 Å². The molecule has 0 fully saturated rings. The standard InChI is InChI=1S/C15H21N3OS/c1-4-12-9-13(18(5-2)17-12)10-20(19)14-8-6-7-11(3)15(14)16/h6-9H,4-5,10,16H2,1-3H3. The maximum Gasteiger partial charge on any atom is 0.0703 e. The summed E-state index contributed by atoms with van der Waals surface area (Å²) >= 11 is 0. The van der Waals surface area contributed by atoms with Crippen LogP contribution < -0.4 is 5.73 Å². The number of benzene rings is 1. The first-order chi connectivity index (χ1) is 9.56. The number of rotatable bonds is 5. The van der Waals surface area contributed by atoms with Crippen molar-refractivity contribution in [3.8, 4) is 0 Å². The molecule has 0 saturated carbocycles. The highest BCUT2D eigenvalue weighted by Crippen LogP contribution is 2.22. The maximum atomic E-state index is 12.5. The van der Waals surface area contributed by atoms with E-state index >= 15 is 0 Å². The minimum absolute atomic E-state index is 0.453. The molecule has 2 aromatic rings. The predicted octanol–water partition coefficient (Wildman–Crippen LogP) is 2.66. The number of nitrogens with zero attached hydrogens (tertiary/aromatic N) is 2. The zero-order valence-corrected chi connectivity index (χ0v) is 13.0. The molecule has 1 aromatic carbocycles. The van der Waals surface area contributed by atoms with Crippen LogP contribution >= 0.6 is 0 Å². The molecule has 108 valence electrons. The van der Waals surface area contributed by atoms with E-state index in [1.54, 1.807) is 0 Å². The first kappa shape index (κ1) is 14.8. The summed E-state index contributed by atoms with van der Waals surface area (Å²) in [6.45, 7) is 6.83. The summed E-state index contributed by atoms with van der Waals surface area (Å²) in [6.07, 6.45) is 0.888. The van der Waals surface area contributed by atoms with Crippen LogP contribution in [-0.4, -0.2) is 14.0 Å². The molecule has 0 radical (unpaired) electrons. The second kappa shape index (κ2) is 6.22. The second-order valence-electron chi connectivity index (χ2n) is 4.77. The van der Waals surface area contributed by atoms with Gasteiger partial charge in [-0.3, -0.25) is 8.89 Å². The molecule has 0 amide bonds. The Labute approximate surface area is 122 Å². The van der Waals surface area contributed by atoms with Gasteiger partial charge in [0.15, 0.2) is 0 Å². The zero-order chi connectivity index (χ0) is 14.7. The van der Waals surface area contributed by atoms with Crippen LogP contribution in [0, 0.1) is 6.92 Å². The molecule has 0 aliphatic rings. The molecule has 0 saturated heterocycles. The molecular formula is C15H21N3OS. The van der Waals surface area contributed by atoms with Crippen LogP contribution in [0.2, 0.25) is 0 Å². The van der Waals surface area contributed by atoms with Gasteiger partial charge in [-0.25, -0.2) is 0 Å². The molecule has 2 N–H and O–H groups in total. The molecule has 1 aromatic heterocycles. The molecule has 20 heavy (non-hydrogen) atoms. The summed E-state index contributed by atoms with van der Waals surface area (Å²) in [5.41, 5.74) is 9.66. The lowest BCUT2D eigenvalue weighted by Gasteiger charge is -2.09. The van der Waals surface area contributed by atoms with Crippen LogP contribution in [0.4, 0.5) is 5.69 Å². The minimum Gasteiger partial charge on any atom is -0.398 e. The molecule has 2 rings (SSSR count). The molecule has 4 nitrogen and oxygen atoms in total. The van der Waals surface area contributed by atoms with Crippen molar-refractivity contribution in [2.75, 3.05) is 5.73 Å². The largest absolute Gasteiger partial charge is 0.398 e. The van der Waals surface area contributed by atoms with E-state index in [9.17, 15) is 4.21 Å². The lowest BCUT2D eigenvalue weighted by atomic mass is 10.2. The van der Waals surface area contributed by atoms with E-state index in [0.29, 0.717) is 16.3 Å². The minimum atomic E-state index is -1.14. The highest BCUT2D eigenvalue weighted by Gasteiger charge is 2.14. The fourth-order valence-electron chi connectivity index (χ4n) is 2.14. The topological polar surface area (TPSA) is 60.9 Å². The Balaban J connectivity index is 2.27. The molecule has 0 spiro atoms. The van der Waals surface area contributed by atoms with Gasteiger partial charge in [-0.05, 0) is 38.0 Å². The quantitative estimate of drug-likeness (QED) is 0.862. The van der Waals surface area contributed by atoms with E-state index in [1.165, 1.54) is 0 Å². The van der Waals surface area contributed by atoms with Crippen LogP contribution in [0.1, 0.15) is 30.8 Å². The first-order valence-electron chi connectivity index (χ1n) is 6.85. The third-order valence-corrected chi connectivity index (χ3v) is 4.79. The molecule has 0 aliphatic carbocycles. The number of nitrogen functional groups attached to an aromatic ring is 1. The van der Waals surface area contributed by atoms with Crippen molar-refractivity contribution < 1.29 is 4.21 Å². The van der Waals surface area contributed by atoms with Gasteiger partial charge < -0.3 is 5.73 Å². The zero-order valence-electron chi connectivity index (χ0n) is 12.2. The molecule has 1 unspecified atom stereocenters. The van der Waals surface area contributed by atoms with E-state index in [2.05, 4.69) is 12.0 Å². The van der Waals surface area contributed by atoms with Crippen molar-refractivity contribution in [3.63, 3.8) is 0 Å². The molecular weight excluding hydrogens is 270 g/mol. The average Bonchev–Trinajstić information content (AvgIpc) is 2.84. The SMILES string of the molecule is CCc1cc(CS(=O)c2cccc(C)c2N)n(CC)n1. The average molecular weight is 291 g/mol. The summed E-state index contributed by atoms with van der Waals surface area (Å²) < 4.78 is 14.5. The Hall–Kier alpha value is -1.62. The van der Waals surface area contributed by atoms with Crippen molar-refractivity contribution in [2.45, 2.75) is 44.4 Å². The van der Waals surface area contributed by atoms with Crippen LogP contribution in [0.5, 0.6) is 0 Å². The Morgan fingerprint density at radius 1 is 1.35 bits per heavy atom. The lowest BCUT2D eigenvalue weighted by molar-refractivity contribution is 0.623. The van der Waals surface area contributed by atoms with Crippen LogP contribution in [-0.2, 0) is 29.5 Å². The van der Waals surface area contributed by atoms with Crippen LogP contribution in [0.15, 0.2) is 29.2 Å².